The van der Waals surface area contributed by atoms with Crippen molar-refractivity contribution in [2.45, 2.75) is 6.54 Å². The zero-order valence-electron chi connectivity index (χ0n) is 15.9. The van der Waals surface area contributed by atoms with Crippen molar-refractivity contribution in [1.82, 2.24) is 5.32 Å². The van der Waals surface area contributed by atoms with Gasteiger partial charge in [0, 0.05) is 18.2 Å². The van der Waals surface area contributed by atoms with Crippen molar-refractivity contribution in [3.63, 3.8) is 0 Å². The van der Waals surface area contributed by atoms with Gasteiger partial charge in [0.2, 0.25) is 0 Å². The maximum atomic E-state index is 12.4. The Morgan fingerprint density at radius 3 is 2.46 bits per heavy atom. The lowest BCUT2D eigenvalue weighted by Gasteiger charge is -2.11. The van der Waals surface area contributed by atoms with Gasteiger partial charge >= 0.3 is 0 Å². The number of ether oxygens (including phenoxy) is 3. The topological polar surface area (TPSA) is 80.6 Å². The standard InChI is InChI=1S/C22H22N2O4/c1-4-11-28-19-8-5-16(6-9-19)12-18(14-23)22(25)24-15-17-7-10-20(26-2)13-21(17)27-3/h4-10,12-13H,1,11,15H2,2-3H3,(H,24,25)/b18-12+. The summed E-state index contributed by atoms with van der Waals surface area (Å²) in [6, 6.07) is 14.3. The molecule has 0 bridgehead atoms. The number of nitriles is 1. The number of hydrogen-bond donors (Lipinski definition) is 1. The summed E-state index contributed by atoms with van der Waals surface area (Å²) < 4.78 is 15.9. The Balaban J connectivity index is 2.06. The molecule has 0 aliphatic heterocycles. The molecule has 0 heterocycles. The summed E-state index contributed by atoms with van der Waals surface area (Å²) in [5.41, 5.74) is 1.50. The molecule has 0 saturated heterocycles. The second kappa shape index (κ2) is 10.4. The van der Waals surface area contributed by atoms with E-state index in [9.17, 15) is 10.1 Å². The number of amides is 1. The van der Waals surface area contributed by atoms with Crippen molar-refractivity contribution < 1.29 is 19.0 Å². The highest BCUT2D eigenvalue weighted by Gasteiger charge is 2.11. The van der Waals surface area contributed by atoms with E-state index in [1.807, 2.05) is 6.07 Å². The predicted molar refractivity (Wildman–Crippen MR) is 107 cm³/mol. The first-order valence-electron chi connectivity index (χ1n) is 8.56. The van der Waals surface area contributed by atoms with Crippen LogP contribution in [0.5, 0.6) is 17.2 Å². The Kier molecular flexibility index (Phi) is 7.67. The Bertz CT molecular complexity index is 896. The number of carbonyl (C=O) groups excluding carboxylic acids is 1. The first-order chi connectivity index (χ1) is 13.6. The van der Waals surface area contributed by atoms with E-state index in [-0.39, 0.29) is 12.1 Å². The number of hydrogen-bond acceptors (Lipinski definition) is 5. The minimum Gasteiger partial charge on any atom is -0.497 e. The van der Waals surface area contributed by atoms with E-state index in [1.165, 1.54) is 6.08 Å². The van der Waals surface area contributed by atoms with Crippen molar-refractivity contribution in [2.24, 2.45) is 0 Å². The average molecular weight is 378 g/mol. The summed E-state index contributed by atoms with van der Waals surface area (Å²) in [6.07, 6.45) is 3.18. The highest BCUT2D eigenvalue weighted by Crippen LogP contribution is 2.24. The van der Waals surface area contributed by atoms with Crippen molar-refractivity contribution in [3.8, 4) is 23.3 Å². The fourth-order valence-corrected chi connectivity index (χ4v) is 2.40. The molecule has 6 nitrogen and oxygen atoms in total. The second-order valence-corrected chi connectivity index (χ2v) is 5.70. The van der Waals surface area contributed by atoms with Crippen LogP contribution >= 0.6 is 0 Å². The molecule has 2 rings (SSSR count). The van der Waals surface area contributed by atoms with Gasteiger partial charge in [-0.2, -0.15) is 5.26 Å². The van der Waals surface area contributed by atoms with Gasteiger partial charge < -0.3 is 19.5 Å². The van der Waals surface area contributed by atoms with Crippen molar-refractivity contribution in [3.05, 3.63) is 71.8 Å². The van der Waals surface area contributed by atoms with Gasteiger partial charge in [-0.1, -0.05) is 24.8 Å². The van der Waals surface area contributed by atoms with Gasteiger partial charge in [-0.3, -0.25) is 4.79 Å². The number of carbonyl (C=O) groups is 1. The number of benzene rings is 2. The molecule has 1 amide bonds. The molecule has 0 fully saturated rings. The molecule has 0 radical (unpaired) electrons. The zero-order valence-corrected chi connectivity index (χ0v) is 15.9. The largest absolute Gasteiger partial charge is 0.497 e. The molecule has 144 valence electrons. The number of methoxy groups -OCH3 is 2. The molecule has 0 aliphatic carbocycles. The molecule has 2 aromatic rings. The van der Waals surface area contributed by atoms with Gasteiger partial charge in [0.1, 0.15) is 35.5 Å². The van der Waals surface area contributed by atoms with Gasteiger partial charge in [0.25, 0.3) is 5.91 Å². The molecular formula is C22H22N2O4. The van der Waals surface area contributed by atoms with Crippen LogP contribution in [0.25, 0.3) is 6.08 Å². The molecule has 0 unspecified atom stereocenters. The Hall–Kier alpha value is -3.72. The van der Waals surface area contributed by atoms with Gasteiger partial charge in [-0.05, 0) is 35.9 Å². The first-order valence-corrected chi connectivity index (χ1v) is 8.56. The van der Waals surface area contributed by atoms with Crippen molar-refractivity contribution in [1.29, 1.82) is 5.26 Å². The minimum absolute atomic E-state index is 0.00670. The van der Waals surface area contributed by atoms with Crippen LogP contribution in [0.1, 0.15) is 11.1 Å². The molecule has 2 aromatic carbocycles. The monoisotopic (exact) mass is 378 g/mol. The van der Waals surface area contributed by atoms with E-state index in [1.54, 1.807) is 62.8 Å². The van der Waals surface area contributed by atoms with Crippen LogP contribution in [-0.2, 0) is 11.3 Å². The van der Waals surface area contributed by atoms with Gasteiger partial charge in [0.05, 0.1) is 14.2 Å². The summed E-state index contributed by atoms with van der Waals surface area (Å²) in [6.45, 7) is 4.23. The summed E-state index contributed by atoms with van der Waals surface area (Å²) >= 11 is 0. The quantitative estimate of drug-likeness (QED) is 0.410. The van der Waals surface area contributed by atoms with Crippen LogP contribution in [0, 0.1) is 11.3 Å². The molecule has 0 aliphatic rings. The van der Waals surface area contributed by atoms with Crippen LogP contribution in [0.15, 0.2) is 60.7 Å². The Morgan fingerprint density at radius 2 is 1.86 bits per heavy atom. The predicted octanol–water partition coefficient (Wildman–Crippen LogP) is 3.49. The average Bonchev–Trinajstić information content (AvgIpc) is 2.74. The molecule has 0 spiro atoms. The Labute approximate surface area is 164 Å². The summed E-state index contributed by atoms with van der Waals surface area (Å²) in [4.78, 5) is 12.4. The van der Waals surface area contributed by atoms with E-state index in [4.69, 9.17) is 14.2 Å². The SMILES string of the molecule is C=CCOc1ccc(/C=C(\C#N)C(=O)NCc2ccc(OC)cc2OC)cc1. The van der Waals surface area contributed by atoms with E-state index in [0.717, 1.165) is 11.1 Å². The van der Waals surface area contributed by atoms with Crippen LogP contribution < -0.4 is 19.5 Å². The van der Waals surface area contributed by atoms with Gasteiger partial charge in [-0.15, -0.1) is 0 Å². The molecule has 0 aromatic heterocycles. The van der Waals surface area contributed by atoms with Crippen molar-refractivity contribution >= 4 is 12.0 Å². The first kappa shape index (κ1) is 20.6. The third-order valence-electron chi connectivity index (χ3n) is 3.86. The zero-order chi connectivity index (χ0) is 20.4. The van der Waals surface area contributed by atoms with Gasteiger partial charge in [0.15, 0.2) is 0 Å². The fourth-order valence-electron chi connectivity index (χ4n) is 2.40. The smallest absolute Gasteiger partial charge is 0.262 e. The van der Waals surface area contributed by atoms with Crippen molar-refractivity contribution in [2.75, 3.05) is 20.8 Å². The lowest BCUT2D eigenvalue weighted by molar-refractivity contribution is -0.117. The molecule has 0 saturated carbocycles. The normalized spacial score (nSPS) is 10.5. The summed E-state index contributed by atoms with van der Waals surface area (Å²) in [7, 11) is 3.11. The van der Waals surface area contributed by atoms with Crippen LogP contribution in [0.4, 0.5) is 0 Å². The van der Waals surface area contributed by atoms with E-state index >= 15 is 0 Å². The van der Waals surface area contributed by atoms with E-state index in [2.05, 4.69) is 11.9 Å². The van der Waals surface area contributed by atoms with E-state index < -0.39 is 5.91 Å². The molecule has 28 heavy (non-hydrogen) atoms. The number of nitrogens with zero attached hydrogens (tertiary/aromatic N) is 1. The minimum atomic E-state index is -0.465. The maximum absolute atomic E-state index is 12.4. The highest BCUT2D eigenvalue weighted by molar-refractivity contribution is 6.01. The number of rotatable bonds is 9. The molecule has 6 heteroatoms. The van der Waals surface area contributed by atoms with Crippen LogP contribution in [0.3, 0.4) is 0 Å². The molecule has 0 atom stereocenters. The second-order valence-electron chi connectivity index (χ2n) is 5.70. The third kappa shape index (κ3) is 5.64. The summed E-state index contributed by atoms with van der Waals surface area (Å²) in [5.74, 6) is 1.47. The lowest BCUT2D eigenvalue weighted by atomic mass is 10.1. The molecular weight excluding hydrogens is 356 g/mol. The number of nitrogens with one attached hydrogen (secondary N) is 1. The van der Waals surface area contributed by atoms with Crippen LogP contribution in [-0.4, -0.2) is 26.7 Å². The van der Waals surface area contributed by atoms with Gasteiger partial charge in [-0.25, -0.2) is 0 Å². The fraction of sp³-hybridized carbons (Fsp3) is 0.182. The lowest BCUT2D eigenvalue weighted by Crippen LogP contribution is -2.24. The van der Waals surface area contributed by atoms with Crippen LogP contribution in [0.2, 0.25) is 0 Å². The highest BCUT2D eigenvalue weighted by atomic mass is 16.5. The third-order valence-corrected chi connectivity index (χ3v) is 3.86. The maximum Gasteiger partial charge on any atom is 0.262 e. The van der Waals surface area contributed by atoms with E-state index in [0.29, 0.717) is 23.9 Å². The summed E-state index contributed by atoms with van der Waals surface area (Å²) in [5, 5.41) is 12.1. The molecule has 1 N–H and O–H groups in total. The Morgan fingerprint density at radius 1 is 1.14 bits per heavy atom.